The first-order valence-electron chi connectivity index (χ1n) is 7.23. The van der Waals surface area contributed by atoms with Crippen molar-refractivity contribution in [2.45, 2.75) is 65.5 Å². The zero-order chi connectivity index (χ0) is 15.6. The summed E-state index contributed by atoms with van der Waals surface area (Å²) in [6.45, 7) is 9.92. The van der Waals surface area contributed by atoms with Gasteiger partial charge in [0.25, 0.3) is 0 Å². The van der Waals surface area contributed by atoms with E-state index in [1.807, 2.05) is 27.7 Å². The molecule has 0 radical (unpaired) electrons. The van der Waals surface area contributed by atoms with E-state index in [-0.39, 0.29) is 29.9 Å². The lowest BCUT2D eigenvalue weighted by Gasteiger charge is -2.36. The average molecular weight is 285 g/mol. The van der Waals surface area contributed by atoms with Crippen LogP contribution < -0.4 is 5.32 Å². The van der Waals surface area contributed by atoms with Crippen molar-refractivity contribution in [2.75, 3.05) is 6.61 Å². The summed E-state index contributed by atoms with van der Waals surface area (Å²) in [6.07, 6.45) is 1.54. The molecule has 116 valence electrons. The van der Waals surface area contributed by atoms with Crippen LogP contribution in [0.4, 0.5) is 0 Å². The summed E-state index contributed by atoms with van der Waals surface area (Å²) in [4.78, 5) is 23.5. The second-order valence-corrected chi connectivity index (χ2v) is 6.92. The molecule has 1 heterocycles. The average Bonchev–Trinajstić information content (AvgIpc) is 2.26. The van der Waals surface area contributed by atoms with Gasteiger partial charge in [0.05, 0.1) is 11.0 Å². The van der Waals surface area contributed by atoms with Crippen LogP contribution in [-0.4, -0.2) is 35.2 Å². The first-order valence-corrected chi connectivity index (χ1v) is 7.23. The Morgan fingerprint density at radius 3 is 2.50 bits per heavy atom. The number of carbonyl (C=O) groups excluding carboxylic acids is 1. The minimum Gasteiger partial charge on any atom is -0.481 e. The van der Waals surface area contributed by atoms with Gasteiger partial charge in [0, 0.05) is 19.1 Å². The van der Waals surface area contributed by atoms with Crippen molar-refractivity contribution in [3.05, 3.63) is 0 Å². The molecule has 2 unspecified atom stereocenters. The highest BCUT2D eigenvalue weighted by atomic mass is 16.5. The van der Waals surface area contributed by atoms with Crippen LogP contribution in [0.25, 0.3) is 0 Å². The lowest BCUT2D eigenvalue weighted by atomic mass is 9.76. The van der Waals surface area contributed by atoms with Gasteiger partial charge in [0.15, 0.2) is 0 Å². The number of amides is 1. The lowest BCUT2D eigenvalue weighted by molar-refractivity contribution is -0.154. The molecular formula is C15H27NO4. The molecule has 1 aliphatic heterocycles. The summed E-state index contributed by atoms with van der Waals surface area (Å²) in [6, 6.07) is 0.0662. The Morgan fingerprint density at radius 2 is 2.05 bits per heavy atom. The number of rotatable bonds is 5. The molecule has 0 spiro atoms. The monoisotopic (exact) mass is 285 g/mol. The van der Waals surface area contributed by atoms with Gasteiger partial charge in [-0.05, 0) is 39.5 Å². The molecule has 1 amide bonds. The van der Waals surface area contributed by atoms with Gasteiger partial charge in [0.1, 0.15) is 0 Å². The van der Waals surface area contributed by atoms with Crippen LogP contribution in [0, 0.1) is 11.3 Å². The normalized spacial score (nSPS) is 25.0. The summed E-state index contributed by atoms with van der Waals surface area (Å²) < 4.78 is 5.61. The Balaban J connectivity index is 2.61. The third-order valence-corrected chi connectivity index (χ3v) is 4.35. The van der Waals surface area contributed by atoms with Crippen LogP contribution in [0.5, 0.6) is 0 Å². The minimum absolute atomic E-state index is 0.0117. The molecule has 0 saturated carbocycles. The van der Waals surface area contributed by atoms with E-state index in [1.54, 1.807) is 6.92 Å². The molecule has 0 aliphatic carbocycles. The maximum absolute atomic E-state index is 12.1. The Bertz CT molecular complexity index is 378. The summed E-state index contributed by atoms with van der Waals surface area (Å²) in [5.74, 6) is -1.21. The highest BCUT2D eigenvalue weighted by Crippen LogP contribution is 2.32. The molecular weight excluding hydrogens is 258 g/mol. The quantitative estimate of drug-likeness (QED) is 0.812. The van der Waals surface area contributed by atoms with Crippen molar-refractivity contribution in [1.29, 1.82) is 0 Å². The molecule has 0 aromatic heterocycles. The van der Waals surface area contributed by atoms with E-state index in [1.165, 1.54) is 0 Å². The van der Waals surface area contributed by atoms with Crippen molar-refractivity contribution in [1.82, 2.24) is 5.32 Å². The van der Waals surface area contributed by atoms with Gasteiger partial charge in [-0.15, -0.1) is 0 Å². The number of hydrogen-bond donors (Lipinski definition) is 2. The number of hydrogen-bond acceptors (Lipinski definition) is 3. The Morgan fingerprint density at radius 1 is 1.45 bits per heavy atom. The fourth-order valence-corrected chi connectivity index (χ4v) is 2.49. The van der Waals surface area contributed by atoms with Gasteiger partial charge >= 0.3 is 5.97 Å². The molecule has 1 saturated heterocycles. The molecule has 1 rings (SSSR count). The summed E-state index contributed by atoms with van der Waals surface area (Å²) >= 11 is 0. The number of carboxylic acids is 1. The summed E-state index contributed by atoms with van der Waals surface area (Å²) in [7, 11) is 0. The largest absolute Gasteiger partial charge is 0.481 e. The Hall–Kier alpha value is -1.10. The van der Waals surface area contributed by atoms with Crippen LogP contribution in [0.3, 0.4) is 0 Å². The van der Waals surface area contributed by atoms with E-state index >= 15 is 0 Å². The molecule has 5 heteroatoms. The molecule has 2 N–H and O–H groups in total. The van der Waals surface area contributed by atoms with E-state index < -0.39 is 11.4 Å². The molecule has 1 fully saturated rings. The van der Waals surface area contributed by atoms with Crippen LogP contribution >= 0.6 is 0 Å². The number of carbonyl (C=O) groups is 2. The van der Waals surface area contributed by atoms with Crippen LogP contribution in [-0.2, 0) is 14.3 Å². The van der Waals surface area contributed by atoms with Crippen LogP contribution in [0.15, 0.2) is 0 Å². The molecule has 5 nitrogen and oxygen atoms in total. The SMILES string of the molecule is CC(C)C(C)(CC(=O)NC1CCOC(C)(C)C1)C(=O)O. The molecule has 20 heavy (non-hydrogen) atoms. The van der Waals surface area contributed by atoms with Gasteiger partial charge < -0.3 is 15.2 Å². The Kier molecular flexibility index (Phi) is 5.19. The molecule has 0 bridgehead atoms. The van der Waals surface area contributed by atoms with Crippen LogP contribution in [0.1, 0.15) is 53.9 Å². The predicted octanol–water partition coefficient (Wildman–Crippen LogP) is 2.20. The second-order valence-electron chi connectivity index (χ2n) is 6.92. The van der Waals surface area contributed by atoms with Crippen molar-refractivity contribution in [3.63, 3.8) is 0 Å². The summed E-state index contributed by atoms with van der Waals surface area (Å²) in [5, 5.41) is 12.3. The molecule has 0 aromatic carbocycles. The van der Waals surface area contributed by atoms with E-state index in [0.29, 0.717) is 6.61 Å². The molecule has 0 aromatic rings. The topological polar surface area (TPSA) is 75.6 Å². The molecule has 1 aliphatic rings. The van der Waals surface area contributed by atoms with Crippen molar-refractivity contribution < 1.29 is 19.4 Å². The lowest BCUT2D eigenvalue weighted by Crippen LogP contribution is -2.47. The number of ether oxygens (including phenoxy) is 1. The third-order valence-electron chi connectivity index (χ3n) is 4.35. The number of carboxylic acid groups (broad SMARTS) is 1. The Labute approximate surface area is 121 Å². The highest BCUT2D eigenvalue weighted by molar-refractivity contribution is 5.85. The van der Waals surface area contributed by atoms with Gasteiger partial charge in [0.2, 0.25) is 5.91 Å². The second kappa shape index (κ2) is 6.12. The van der Waals surface area contributed by atoms with E-state index in [4.69, 9.17) is 4.74 Å². The maximum Gasteiger partial charge on any atom is 0.310 e. The number of nitrogens with one attached hydrogen (secondary N) is 1. The van der Waals surface area contributed by atoms with Crippen molar-refractivity contribution in [3.8, 4) is 0 Å². The van der Waals surface area contributed by atoms with E-state index in [9.17, 15) is 14.7 Å². The van der Waals surface area contributed by atoms with Gasteiger partial charge in [-0.1, -0.05) is 13.8 Å². The molecule has 2 atom stereocenters. The highest BCUT2D eigenvalue weighted by Gasteiger charge is 2.39. The predicted molar refractivity (Wildman–Crippen MR) is 76.4 cm³/mol. The summed E-state index contributed by atoms with van der Waals surface area (Å²) in [5.41, 5.74) is -1.25. The van der Waals surface area contributed by atoms with E-state index in [2.05, 4.69) is 5.32 Å². The van der Waals surface area contributed by atoms with Gasteiger partial charge in [-0.3, -0.25) is 9.59 Å². The smallest absolute Gasteiger partial charge is 0.310 e. The fraction of sp³-hybridized carbons (Fsp3) is 0.867. The maximum atomic E-state index is 12.1. The van der Waals surface area contributed by atoms with E-state index in [0.717, 1.165) is 12.8 Å². The third kappa shape index (κ3) is 4.20. The zero-order valence-electron chi connectivity index (χ0n) is 13.2. The van der Waals surface area contributed by atoms with Gasteiger partial charge in [-0.25, -0.2) is 0 Å². The minimum atomic E-state index is -1.02. The first kappa shape index (κ1) is 17.0. The zero-order valence-corrected chi connectivity index (χ0v) is 13.2. The van der Waals surface area contributed by atoms with Crippen molar-refractivity contribution in [2.24, 2.45) is 11.3 Å². The van der Waals surface area contributed by atoms with Crippen LogP contribution in [0.2, 0.25) is 0 Å². The first-order chi connectivity index (χ1) is 9.07. The fourth-order valence-electron chi connectivity index (χ4n) is 2.49. The number of aliphatic carboxylic acids is 1. The van der Waals surface area contributed by atoms with Crippen molar-refractivity contribution >= 4 is 11.9 Å². The van der Waals surface area contributed by atoms with Gasteiger partial charge in [-0.2, -0.15) is 0 Å². The standard InChI is InChI=1S/C15H27NO4/c1-10(2)15(5,13(18)19)9-12(17)16-11-6-7-20-14(3,4)8-11/h10-11H,6-9H2,1-5H3,(H,16,17)(H,18,19).